The number of hydrogen-bond acceptors (Lipinski definition) is 3. The van der Waals surface area contributed by atoms with Gasteiger partial charge in [-0.15, -0.1) is 0 Å². The quantitative estimate of drug-likeness (QED) is 0.167. The predicted octanol–water partition coefficient (Wildman–Crippen LogP) is 11.8. The van der Waals surface area contributed by atoms with Crippen molar-refractivity contribution in [2.24, 2.45) is 0 Å². The molecule has 0 radical (unpaired) electrons. The van der Waals surface area contributed by atoms with Crippen molar-refractivity contribution in [1.29, 1.82) is 0 Å². The number of nitrogens with zero attached hydrogens (tertiary/aromatic N) is 2. The first-order chi connectivity index (χ1) is 23.2. The Morgan fingerprint density at radius 2 is 0.574 bits per heavy atom. The molecule has 3 nitrogen and oxygen atoms in total. The highest BCUT2D eigenvalue weighted by Gasteiger charge is 2.14. The number of phenolic OH excluding ortho intramolecular Hbond substituents is 1. The molecule has 3 heteroatoms. The van der Waals surface area contributed by atoms with Gasteiger partial charge in [0.15, 0.2) is 0 Å². The molecule has 0 aromatic heterocycles. The summed E-state index contributed by atoms with van der Waals surface area (Å²) < 4.78 is 0. The standard InChI is InChI=1S/C44H36N2O/c47-44-32-20-35(21-33-44)17-16-34-18-26-41(27-19-34)46(40-14-8-3-9-15-40)43-30-24-37(25-31-43)36-22-28-42(29-23-36)45(38-10-4-1-5-11-38)39-12-6-2-7-13-39/h1-15,18-33,47H,16-17H2. The topological polar surface area (TPSA) is 26.7 Å². The lowest BCUT2D eigenvalue weighted by molar-refractivity contribution is 0.475. The summed E-state index contributed by atoms with van der Waals surface area (Å²) >= 11 is 0. The van der Waals surface area contributed by atoms with Gasteiger partial charge in [-0.05, 0) is 120 Å². The molecule has 0 heterocycles. The number of anilines is 6. The minimum atomic E-state index is 0.305. The molecule has 0 fully saturated rings. The average molecular weight is 609 g/mol. The van der Waals surface area contributed by atoms with Crippen molar-refractivity contribution < 1.29 is 5.11 Å². The Hall–Kier alpha value is -6.06. The number of rotatable bonds is 10. The van der Waals surface area contributed by atoms with Crippen LogP contribution in [0, 0.1) is 0 Å². The molecule has 7 aromatic rings. The van der Waals surface area contributed by atoms with Crippen LogP contribution in [0.25, 0.3) is 11.1 Å². The van der Waals surface area contributed by atoms with E-state index in [0.29, 0.717) is 5.75 Å². The van der Waals surface area contributed by atoms with Crippen LogP contribution in [-0.2, 0) is 12.8 Å². The second-order valence-corrected chi connectivity index (χ2v) is 11.6. The van der Waals surface area contributed by atoms with Gasteiger partial charge in [0.05, 0.1) is 0 Å². The van der Waals surface area contributed by atoms with Gasteiger partial charge in [-0.1, -0.05) is 103 Å². The lowest BCUT2D eigenvalue weighted by Gasteiger charge is -2.26. The average Bonchev–Trinajstić information content (AvgIpc) is 3.14. The van der Waals surface area contributed by atoms with Crippen LogP contribution in [0.3, 0.4) is 0 Å². The van der Waals surface area contributed by atoms with E-state index in [0.717, 1.165) is 47.0 Å². The Morgan fingerprint density at radius 1 is 0.298 bits per heavy atom. The summed E-state index contributed by atoms with van der Waals surface area (Å²) in [5, 5.41) is 9.58. The minimum absolute atomic E-state index is 0.305. The summed E-state index contributed by atoms with van der Waals surface area (Å²) in [7, 11) is 0. The highest BCUT2D eigenvalue weighted by molar-refractivity contribution is 5.80. The van der Waals surface area contributed by atoms with Gasteiger partial charge in [-0.3, -0.25) is 0 Å². The molecule has 1 N–H and O–H groups in total. The normalized spacial score (nSPS) is 10.8. The SMILES string of the molecule is Oc1ccc(CCc2ccc(N(c3ccccc3)c3ccc(-c4ccc(N(c5ccccc5)c5ccccc5)cc4)cc3)cc2)cc1. The monoisotopic (exact) mass is 608 g/mol. The zero-order valence-corrected chi connectivity index (χ0v) is 26.2. The summed E-state index contributed by atoms with van der Waals surface area (Å²) in [6.07, 6.45) is 1.87. The molecular weight excluding hydrogens is 572 g/mol. The van der Waals surface area contributed by atoms with Crippen molar-refractivity contribution in [1.82, 2.24) is 0 Å². The van der Waals surface area contributed by atoms with E-state index in [4.69, 9.17) is 0 Å². The molecular formula is C44H36N2O. The minimum Gasteiger partial charge on any atom is -0.508 e. The van der Waals surface area contributed by atoms with Crippen molar-refractivity contribution in [3.8, 4) is 16.9 Å². The molecule has 0 atom stereocenters. The molecule has 0 aliphatic rings. The van der Waals surface area contributed by atoms with E-state index in [1.54, 1.807) is 12.1 Å². The van der Waals surface area contributed by atoms with Gasteiger partial charge in [0.1, 0.15) is 5.75 Å². The largest absolute Gasteiger partial charge is 0.508 e. The highest BCUT2D eigenvalue weighted by atomic mass is 16.3. The van der Waals surface area contributed by atoms with Gasteiger partial charge in [0, 0.05) is 34.1 Å². The van der Waals surface area contributed by atoms with Gasteiger partial charge in [-0.2, -0.15) is 0 Å². The van der Waals surface area contributed by atoms with Gasteiger partial charge >= 0.3 is 0 Å². The molecule has 0 amide bonds. The molecule has 0 aliphatic carbocycles. The molecule has 7 rings (SSSR count). The fourth-order valence-corrected chi connectivity index (χ4v) is 5.99. The zero-order valence-electron chi connectivity index (χ0n) is 26.2. The van der Waals surface area contributed by atoms with Crippen LogP contribution >= 0.6 is 0 Å². The van der Waals surface area contributed by atoms with E-state index in [-0.39, 0.29) is 0 Å². The lowest BCUT2D eigenvalue weighted by atomic mass is 10.0. The Balaban J connectivity index is 1.12. The maximum atomic E-state index is 9.58. The molecule has 0 saturated carbocycles. The Bertz CT molecular complexity index is 1950. The first kappa shape index (κ1) is 29.6. The fraction of sp³-hybridized carbons (Fsp3) is 0.0455. The number of hydrogen-bond donors (Lipinski definition) is 1. The summed E-state index contributed by atoms with van der Waals surface area (Å²) in [6, 6.07) is 65.4. The molecule has 0 unspecified atom stereocenters. The Kier molecular flexibility index (Phi) is 8.78. The van der Waals surface area contributed by atoms with Crippen LogP contribution in [0.5, 0.6) is 5.75 Å². The number of aryl methyl sites for hydroxylation is 2. The summed E-state index contributed by atoms with van der Waals surface area (Å²) in [6.45, 7) is 0. The van der Waals surface area contributed by atoms with Crippen LogP contribution in [0.15, 0.2) is 188 Å². The summed E-state index contributed by atoms with van der Waals surface area (Å²) in [5.74, 6) is 0.305. The fourth-order valence-electron chi connectivity index (χ4n) is 5.99. The number of para-hydroxylation sites is 3. The molecule has 0 spiro atoms. The van der Waals surface area contributed by atoms with E-state index in [1.165, 1.54) is 22.3 Å². The molecule has 0 saturated heterocycles. The van der Waals surface area contributed by atoms with Crippen LogP contribution in [0.1, 0.15) is 11.1 Å². The van der Waals surface area contributed by atoms with Crippen molar-refractivity contribution in [3.63, 3.8) is 0 Å². The maximum Gasteiger partial charge on any atom is 0.115 e. The van der Waals surface area contributed by atoms with Gasteiger partial charge in [0.25, 0.3) is 0 Å². The number of phenols is 1. The van der Waals surface area contributed by atoms with Gasteiger partial charge < -0.3 is 14.9 Å². The highest BCUT2D eigenvalue weighted by Crippen LogP contribution is 2.38. The Labute approximate surface area is 277 Å². The van der Waals surface area contributed by atoms with Crippen molar-refractivity contribution >= 4 is 34.1 Å². The number of aromatic hydroxyl groups is 1. The third-order valence-corrected chi connectivity index (χ3v) is 8.46. The molecule has 228 valence electrons. The van der Waals surface area contributed by atoms with E-state index in [9.17, 15) is 5.11 Å². The third kappa shape index (κ3) is 6.95. The second-order valence-electron chi connectivity index (χ2n) is 11.6. The van der Waals surface area contributed by atoms with Crippen molar-refractivity contribution in [2.45, 2.75) is 12.8 Å². The molecule has 0 aliphatic heterocycles. The van der Waals surface area contributed by atoms with Gasteiger partial charge in [-0.25, -0.2) is 0 Å². The predicted molar refractivity (Wildman–Crippen MR) is 197 cm³/mol. The van der Waals surface area contributed by atoms with E-state index in [2.05, 4.69) is 174 Å². The van der Waals surface area contributed by atoms with E-state index in [1.807, 2.05) is 12.1 Å². The summed E-state index contributed by atoms with van der Waals surface area (Å²) in [5.41, 5.74) is 11.5. The molecule has 0 bridgehead atoms. The van der Waals surface area contributed by atoms with E-state index >= 15 is 0 Å². The van der Waals surface area contributed by atoms with Crippen LogP contribution in [-0.4, -0.2) is 5.11 Å². The number of benzene rings is 7. The second kappa shape index (κ2) is 13.9. The van der Waals surface area contributed by atoms with Crippen LogP contribution in [0.2, 0.25) is 0 Å². The van der Waals surface area contributed by atoms with Crippen molar-refractivity contribution in [3.05, 3.63) is 199 Å². The third-order valence-electron chi connectivity index (χ3n) is 8.46. The molecule has 47 heavy (non-hydrogen) atoms. The Morgan fingerprint density at radius 3 is 0.915 bits per heavy atom. The smallest absolute Gasteiger partial charge is 0.115 e. The van der Waals surface area contributed by atoms with Crippen LogP contribution in [0.4, 0.5) is 34.1 Å². The zero-order chi connectivity index (χ0) is 31.8. The van der Waals surface area contributed by atoms with Gasteiger partial charge in [0.2, 0.25) is 0 Å². The first-order valence-corrected chi connectivity index (χ1v) is 16.0. The maximum absolute atomic E-state index is 9.58. The van der Waals surface area contributed by atoms with Crippen molar-refractivity contribution in [2.75, 3.05) is 9.80 Å². The van der Waals surface area contributed by atoms with Crippen LogP contribution < -0.4 is 9.80 Å². The molecule has 7 aromatic carbocycles. The van der Waals surface area contributed by atoms with E-state index < -0.39 is 0 Å². The summed E-state index contributed by atoms with van der Waals surface area (Å²) in [4.78, 5) is 4.58. The lowest BCUT2D eigenvalue weighted by Crippen LogP contribution is -2.10. The first-order valence-electron chi connectivity index (χ1n) is 16.0.